The fraction of sp³-hybridized carbons (Fsp3) is 0.100. The molecule has 12 heavy (non-hydrogen) atoms. The maximum Gasteiger partial charge on any atom is 0.189 e. The van der Waals surface area contributed by atoms with Crippen LogP contribution in [-0.2, 0) is 0 Å². The number of hydrogen-bond acceptors (Lipinski definition) is 1. The number of hydrogen-bond donors (Lipinski definition) is 1. The van der Waals surface area contributed by atoms with Crippen molar-refractivity contribution >= 4 is 11.4 Å². The lowest BCUT2D eigenvalue weighted by Crippen LogP contribution is -1.96. The third-order valence-corrected chi connectivity index (χ3v) is 1.43. The van der Waals surface area contributed by atoms with Crippen molar-refractivity contribution in [3.8, 4) is 0 Å². The maximum atomic E-state index is 6.79. The van der Waals surface area contributed by atoms with Gasteiger partial charge >= 0.3 is 0 Å². The molecule has 0 bridgehead atoms. The van der Waals surface area contributed by atoms with Crippen molar-refractivity contribution in [2.75, 3.05) is 11.9 Å². The topological polar surface area (TPSA) is 16.4 Å². The van der Waals surface area contributed by atoms with E-state index in [1.165, 1.54) is 0 Å². The fourth-order valence-electron chi connectivity index (χ4n) is 0.875. The van der Waals surface area contributed by atoms with E-state index in [-0.39, 0.29) is 0 Å². The number of benzene rings is 1. The van der Waals surface area contributed by atoms with Gasteiger partial charge in [0.1, 0.15) is 0 Å². The van der Waals surface area contributed by atoms with E-state index < -0.39 is 0 Å². The molecular weight excluding hydrogens is 148 g/mol. The van der Waals surface area contributed by atoms with E-state index >= 15 is 0 Å². The molecule has 0 aromatic heterocycles. The summed E-state index contributed by atoms with van der Waals surface area (Å²) in [7, 11) is 0. The molecule has 0 aliphatic rings. The van der Waals surface area contributed by atoms with Gasteiger partial charge in [0.05, 0.1) is 6.57 Å². The van der Waals surface area contributed by atoms with Crippen LogP contribution in [0, 0.1) is 6.57 Å². The summed E-state index contributed by atoms with van der Waals surface area (Å²) in [5, 5.41) is 3.11. The third-order valence-electron chi connectivity index (χ3n) is 1.43. The number of nitrogens with one attached hydrogen (secondary N) is 1. The van der Waals surface area contributed by atoms with Gasteiger partial charge in [-0.1, -0.05) is 18.2 Å². The zero-order valence-electron chi connectivity index (χ0n) is 6.75. The summed E-state index contributed by atoms with van der Waals surface area (Å²) in [5.74, 6) is 0. The number of anilines is 1. The van der Waals surface area contributed by atoms with Crippen LogP contribution >= 0.6 is 0 Å². The second-order valence-corrected chi connectivity index (χ2v) is 2.33. The maximum absolute atomic E-state index is 6.79. The first kappa shape index (κ1) is 8.35. The lowest BCUT2D eigenvalue weighted by Gasteiger charge is -2.02. The van der Waals surface area contributed by atoms with Crippen molar-refractivity contribution < 1.29 is 0 Å². The second kappa shape index (κ2) is 4.20. The molecule has 1 N–H and O–H groups in total. The predicted octanol–water partition coefficient (Wildman–Crippen LogP) is 2.84. The predicted molar refractivity (Wildman–Crippen MR) is 51.4 cm³/mol. The van der Waals surface area contributed by atoms with Crippen molar-refractivity contribution in [1.82, 2.24) is 0 Å². The Morgan fingerprint density at radius 2 is 2.42 bits per heavy atom. The van der Waals surface area contributed by atoms with Crippen molar-refractivity contribution in [1.29, 1.82) is 0 Å². The Morgan fingerprint density at radius 3 is 3.08 bits per heavy atom. The monoisotopic (exact) mass is 158 g/mol. The molecular formula is C10H10N2. The SMILES string of the molecule is [C-]#[N+]c1cccc(NCC=C)c1. The van der Waals surface area contributed by atoms with Crippen LogP contribution in [-0.4, -0.2) is 6.54 Å². The van der Waals surface area contributed by atoms with Gasteiger partial charge in [-0.05, 0) is 12.1 Å². The van der Waals surface area contributed by atoms with Gasteiger partial charge in [0, 0.05) is 12.2 Å². The molecule has 0 heterocycles. The molecule has 0 fully saturated rings. The average molecular weight is 158 g/mol. The molecule has 1 rings (SSSR count). The summed E-state index contributed by atoms with van der Waals surface area (Å²) in [6, 6.07) is 7.39. The summed E-state index contributed by atoms with van der Waals surface area (Å²) >= 11 is 0. The van der Waals surface area contributed by atoms with Crippen LogP contribution < -0.4 is 5.32 Å². The highest BCUT2D eigenvalue weighted by Gasteiger charge is 1.91. The first-order valence-electron chi connectivity index (χ1n) is 3.69. The molecule has 0 radical (unpaired) electrons. The highest BCUT2D eigenvalue weighted by atomic mass is 14.9. The largest absolute Gasteiger partial charge is 0.383 e. The Bertz CT molecular complexity index is 310. The zero-order chi connectivity index (χ0) is 8.81. The van der Waals surface area contributed by atoms with Gasteiger partial charge in [-0.25, -0.2) is 4.85 Å². The molecule has 0 atom stereocenters. The summed E-state index contributed by atoms with van der Waals surface area (Å²) < 4.78 is 0. The first-order chi connectivity index (χ1) is 5.86. The van der Waals surface area contributed by atoms with Crippen LogP contribution in [0.15, 0.2) is 36.9 Å². The van der Waals surface area contributed by atoms with Gasteiger partial charge in [-0.3, -0.25) is 0 Å². The first-order valence-corrected chi connectivity index (χ1v) is 3.69. The Kier molecular flexibility index (Phi) is 2.92. The van der Waals surface area contributed by atoms with E-state index in [0.717, 1.165) is 12.2 Å². The standard InChI is InChI=1S/C10H10N2/c1-3-7-12-10-6-4-5-9(8-10)11-2/h3-6,8,12H,1,7H2. The van der Waals surface area contributed by atoms with Crippen molar-refractivity contribution in [2.45, 2.75) is 0 Å². The van der Waals surface area contributed by atoms with E-state index in [2.05, 4.69) is 16.7 Å². The van der Waals surface area contributed by atoms with E-state index in [9.17, 15) is 0 Å². The molecule has 2 nitrogen and oxygen atoms in total. The van der Waals surface area contributed by atoms with Crippen LogP contribution in [0.3, 0.4) is 0 Å². The van der Waals surface area contributed by atoms with Gasteiger partial charge in [0.15, 0.2) is 5.69 Å². The van der Waals surface area contributed by atoms with Gasteiger partial charge in [0.25, 0.3) is 0 Å². The molecule has 0 unspecified atom stereocenters. The molecule has 1 aromatic carbocycles. The summed E-state index contributed by atoms with van der Waals surface area (Å²) in [6.45, 7) is 11.1. The highest BCUT2D eigenvalue weighted by molar-refractivity contribution is 5.57. The summed E-state index contributed by atoms with van der Waals surface area (Å²) in [4.78, 5) is 3.32. The average Bonchev–Trinajstić information content (AvgIpc) is 2.15. The van der Waals surface area contributed by atoms with Gasteiger partial charge < -0.3 is 5.32 Å². The van der Waals surface area contributed by atoms with Crippen molar-refractivity contribution in [2.24, 2.45) is 0 Å². The summed E-state index contributed by atoms with van der Waals surface area (Å²) in [6.07, 6.45) is 1.78. The molecule has 1 aromatic rings. The number of rotatable bonds is 3. The Balaban J connectivity index is 2.74. The smallest absolute Gasteiger partial charge is 0.189 e. The zero-order valence-corrected chi connectivity index (χ0v) is 6.75. The fourth-order valence-corrected chi connectivity index (χ4v) is 0.875. The Hall–Kier alpha value is -1.75. The highest BCUT2D eigenvalue weighted by Crippen LogP contribution is 2.17. The van der Waals surface area contributed by atoms with Gasteiger partial charge in [-0.2, -0.15) is 0 Å². The molecule has 0 aliphatic heterocycles. The summed E-state index contributed by atoms with van der Waals surface area (Å²) in [5.41, 5.74) is 1.62. The van der Waals surface area contributed by atoms with Gasteiger partial charge in [-0.15, -0.1) is 6.58 Å². The van der Waals surface area contributed by atoms with E-state index in [1.807, 2.05) is 18.2 Å². The van der Waals surface area contributed by atoms with E-state index in [0.29, 0.717) is 5.69 Å². The molecule has 0 saturated carbocycles. The Labute approximate surface area is 72.4 Å². The van der Waals surface area contributed by atoms with E-state index in [4.69, 9.17) is 6.57 Å². The van der Waals surface area contributed by atoms with Crippen molar-refractivity contribution in [3.63, 3.8) is 0 Å². The van der Waals surface area contributed by atoms with Crippen LogP contribution in [0.5, 0.6) is 0 Å². The Morgan fingerprint density at radius 1 is 1.58 bits per heavy atom. The second-order valence-electron chi connectivity index (χ2n) is 2.33. The molecule has 0 aliphatic carbocycles. The minimum absolute atomic E-state index is 0.657. The molecule has 60 valence electrons. The van der Waals surface area contributed by atoms with Gasteiger partial charge in [0.2, 0.25) is 0 Å². The van der Waals surface area contributed by atoms with Crippen LogP contribution in [0.2, 0.25) is 0 Å². The normalized spacial score (nSPS) is 8.58. The van der Waals surface area contributed by atoms with E-state index in [1.54, 1.807) is 12.1 Å². The van der Waals surface area contributed by atoms with Crippen LogP contribution in [0.1, 0.15) is 0 Å². The molecule has 0 spiro atoms. The molecule has 0 saturated heterocycles. The minimum Gasteiger partial charge on any atom is -0.383 e. The lowest BCUT2D eigenvalue weighted by molar-refractivity contribution is 1.34. The lowest BCUT2D eigenvalue weighted by atomic mass is 10.3. The molecule has 2 heteroatoms. The van der Waals surface area contributed by atoms with Crippen LogP contribution in [0.4, 0.5) is 11.4 Å². The number of nitrogens with zero attached hydrogens (tertiary/aromatic N) is 1. The minimum atomic E-state index is 0.657. The third kappa shape index (κ3) is 2.14. The molecule has 0 amide bonds. The quantitative estimate of drug-likeness (QED) is 0.528. The van der Waals surface area contributed by atoms with Crippen LogP contribution in [0.25, 0.3) is 4.85 Å². The van der Waals surface area contributed by atoms with Crippen molar-refractivity contribution in [3.05, 3.63) is 48.3 Å².